The highest BCUT2D eigenvalue weighted by atomic mass is 19.1. The summed E-state index contributed by atoms with van der Waals surface area (Å²) in [6.07, 6.45) is -0.229. The fourth-order valence-electron chi connectivity index (χ4n) is 2.34. The van der Waals surface area contributed by atoms with Crippen molar-refractivity contribution in [2.75, 3.05) is 11.4 Å². The van der Waals surface area contributed by atoms with E-state index in [2.05, 4.69) is 0 Å². The summed E-state index contributed by atoms with van der Waals surface area (Å²) in [7, 11) is 0. The van der Waals surface area contributed by atoms with Crippen LogP contribution in [0.3, 0.4) is 0 Å². The predicted octanol–water partition coefficient (Wildman–Crippen LogP) is 2.31. The van der Waals surface area contributed by atoms with E-state index < -0.39 is 5.82 Å². The van der Waals surface area contributed by atoms with Gasteiger partial charge in [-0.05, 0) is 31.2 Å². The lowest BCUT2D eigenvalue weighted by molar-refractivity contribution is 0.0932. The average Bonchev–Trinajstić information content (AvgIpc) is 2.94. The highest BCUT2D eigenvalue weighted by Crippen LogP contribution is 2.35. The summed E-state index contributed by atoms with van der Waals surface area (Å²) in [6, 6.07) is 7.36. The SMILES string of the molecule is C[C@@H]1CN(C(=O)c2ccc(CN)o2)c2ccc(F)cc2O1. The maximum atomic E-state index is 13.3. The summed E-state index contributed by atoms with van der Waals surface area (Å²) in [6.45, 7) is 2.42. The minimum absolute atomic E-state index is 0.208. The Kier molecular flexibility index (Phi) is 3.39. The topological polar surface area (TPSA) is 68.7 Å². The second-order valence-corrected chi connectivity index (χ2v) is 4.93. The van der Waals surface area contributed by atoms with Gasteiger partial charge in [0.1, 0.15) is 23.4 Å². The Morgan fingerprint density at radius 2 is 2.24 bits per heavy atom. The van der Waals surface area contributed by atoms with Crippen molar-refractivity contribution in [3.8, 4) is 5.75 Å². The van der Waals surface area contributed by atoms with Gasteiger partial charge >= 0.3 is 0 Å². The molecule has 1 aromatic carbocycles. The van der Waals surface area contributed by atoms with E-state index in [1.54, 1.807) is 12.1 Å². The monoisotopic (exact) mass is 290 g/mol. The zero-order chi connectivity index (χ0) is 15.0. The average molecular weight is 290 g/mol. The predicted molar refractivity (Wildman–Crippen MR) is 74.8 cm³/mol. The van der Waals surface area contributed by atoms with Crippen LogP contribution in [0.5, 0.6) is 5.75 Å². The molecule has 2 heterocycles. The van der Waals surface area contributed by atoms with Crippen molar-refractivity contribution in [3.05, 3.63) is 47.7 Å². The second kappa shape index (κ2) is 5.21. The molecule has 2 aromatic rings. The largest absolute Gasteiger partial charge is 0.487 e. The number of rotatable bonds is 2. The van der Waals surface area contributed by atoms with E-state index in [9.17, 15) is 9.18 Å². The maximum Gasteiger partial charge on any atom is 0.294 e. The first-order chi connectivity index (χ1) is 10.1. The lowest BCUT2D eigenvalue weighted by atomic mass is 10.2. The van der Waals surface area contributed by atoms with Gasteiger partial charge in [0.2, 0.25) is 0 Å². The van der Waals surface area contributed by atoms with E-state index in [0.29, 0.717) is 23.7 Å². The zero-order valence-corrected chi connectivity index (χ0v) is 11.5. The number of furan rings is 1. The van der Waals surface area contributed by atoms with Crippen LogP contribution in [0.2, 0.25) is 0 Å². The molecule has 0 spiro atoms. The Labute approximate surface area is 121 Å². The number of ether oxygens (including phenoxy) is 1. The molecule has 1 aliphatic rings. The Morgan fingerprint density at radius 3 is 2.95 bits per heavy atom. The van der Waals surface area contributed by atoms with E-state index >= 15 is 0 Å². The van der Waals surface area contributed by atoms with Gasteiger partial charge in [0.15, 0.2) is 5.76 Å². The summed E-state index contributed by atoms with van der Waals surface area (Å²) in [5, 5.41) is 0. The molecule has 0 aliphatic carbocycles. The molecule has 5 nitrogen and oxygen atoms in total. The van der Waals surface area contributed by atoms with Gasteiger partial charge in [-0.25, -0.2) is 4.39 Å². The molecule has 0 fully saturated rings. The van der Waals surface area contributed by atoms with Crippen molar-refractivity contribution in [3.63, 3.8) is 0 Å². The molecule has 1 atom stereocenters. The third kappa shape index (κ3) is 2.50. The van der Waals surface area contributed by atoms with Crippen LogP contribution in [0.1, 0.15) is 23.2 Å². The lowest BCUT2D eigenvalue weighted by Crippen LogP contribution is -2.42. The van der Waals surface area contributed by atoms with Gasteiger partial charge in [-0.15, -0.1) is 0 Å². The van der Waals surface area contributed by atoms with Gasteiger partial charge in [0, 0.05) is 6.07 Å². The number of carbonyl (C=O) groups excluding carboxylic acids is 1. The molecule has 1 aliphatic heterocycles. The van der Waals surface area contributed by atoms with Crippen LogP contribution in [0.4, 0.5) is 10.1 Å². The molecule has 0 unspecified atom stereocenters. The number of amides is 1. The number of anilines is 1. The van der Waals surface area contributed by atoms with E-state index in [1.807, 2.05) is 6.92 Å². The van der Waals surface area contributed by atoms with Crippen LogP contribution in [-0.2, 0) is 6.54 Å². The van der Waals surface area contributed by atoms with E-state index in [1.165, 1.54) is 23.1 Å². The quantitative estimate of drug-likeness (QED) is 0.921. The number of benzene rings is 1. The first-order valence-electron chi connectivity index (χ1n) is 6.65. The van der Waals surface area contributed by atoms with Crippen molar-refractivity contribution in [2.24, 2.45) is 5.73 Å². The van der Waals surface area contributed by atoms with Gasteiger partial charge in [0.25, 0.3) is 5.91 Å². The number of fused-ring (bicyclic) bond motifs is 1. The minimum atomic E-state index is -0.404. The molecule has 2 N–H and O–H groups in total. The van der Waals surface area contributed by atoms with Gasteiger partial charge in [-0.1, -0.05) is 0 Å². The number of nitrogens with zero attached hydrogens (tertiary/aromatic N) is 1. The summed E-state index contributed by atoms with van der Waals surface area (Å²) in [4.78, 5) is 14.1. The van der Waals surface area contributed by atoms with Crippen molar-refractivity contribution >= 4 is 11.6 Å². The van der Waals surface area contributed by atoms with Gasteiger partial charge in [0.05, 0.1) is 18.8 Å². The van der Waals surface area contributed by atoms with Crippen LogP contribution in [0.15, 0.2) is 34.7 Å². The summed E-state index contributed by atoms with van der Waals surface area (Å²) >= 11 is 0. The fourth-order valence-corrected chi connectivity index (χ4v) is 2.34. The normalized spacial score (nSPS) is 17.3. The molecule has 1 amide bonds. The maximum absolute atomic E-state index is 13.3. The number of carbonyl (C=O) groups is 1. The molecule has 6 heteroatoms. The summed E-state index contributed by atoms with van der Waals surface area (Å²) in [5.41, 5.74) is 6.01. The second-order valence-electron chi connectivity index (χ2n) is 4.93. The first-order valence-corrected chi connectivity index (χ1v) is 6.65. The molecule has 3 rings (SSSR count). The van der Waals surface area contributed by atoms with E-state index in [-0.39, 0.29) is 24.3 Å². The van der Waals surface area contributed by atoms with Crippen molar-refractivity contribution in [1.82, 2.24) is 0 Å². The van der Waals surface area contributed by atoms with E-state index in [4.69, 9.17) is 14.9 Å². The molecule has 21 heavy (non-hydrogen) atoms. The number of halogens is 1. The van der Waals surface area contributed by atoms with Crippen LogP contribution in [0, 0.1) is 5.82 Å². The molecule has 0 saturated heterocycles. The highest BCUT2D eigenvalue weighted by Gasteiger charge is 2.30. The summed E-state index contributed by atoms with van der Waals surface area (Å²) in [5.74, 6) is 0.405. The third-order valence-corrected chi connectivity index (χ3v) is 3.30. The molecule has 1 aromatic heterocycles. The number of nitrogens with two attached hydrogens (primary N) is 1. The molecule has 0 saturated carbocycles. The first kappa shape index (κ1) is 13.6. The van der Waals surface area contributed by atoms with Crippen molar-refractivity contribution in [1.29, 1.82) is 0 Å². The standard InChI is InChI=1S/C15H15FN2O3/c1-9-8-18(12-4-2-10(16)6-14(12)20-9)15(19)13-5-3-11(7-17)21-13/h2-6,9H,7-8,17H2,1H3/t9-/m1/s1. The van der Waals surface area contributed by atoms with E-state index in [0.717, 1.165) is 0 Å². The molecule has 0 bridgehead atoms. The third-order valence-electron chi connectivity index (χ3n) is 3.30. The Morgan fingerprint density at radius 1 is 1.43 bits per heavy atom. The molecular weight excluding hydrogens is 275 g/mol. The summed E-state index contributed by atoms with van der Waals surface area (Å²) < 4.78 is 24.3. The van der Waals surface area contributed by atoms with Crippen LogP contribution >= 0.6 is 0 Å². The Hall–Kier alpha value is -2.34. The molecule has 110 valence electrons. The smallest absolute Gasteiger partial charge is 0.294 e. The van der Waals surface area contributed by atoms with Gasteiger partial charge < -0.3 is 14.9 Å². The highest BCUT2D eigenvalue weighted by molar-refractivity contribution is 6.05. The Balaban J connectivity index is 1.97. The Bertz CT molecular complexity index is 683. The number of hydrogen-bond donors (Lipinski definition) is 1. The molecule has 0 radical (unpaired) electrons. The minimum Gasteiger partial charge on any atom is -0.487 e. The number of hydrogen-bond acceptors (Lipinski definition) is 4. The molecular formula is C15H15FN2O3. The van der Waals surface area contributed by atoms with Gasteiger partial charge in [-0.3, -0.25) is 9.69 Å². The van der Waals surface area contributed by atoms with Crippen molar-refractivity contribution < 1.29 is 18.3 Å². The zero-order valence-electron chi connectivity index (χ0n) is 11.5. The van der Waals surface area contributed by atoms with Crippen LogP contribution in [0.25, 0.3) is 0 Å². The van der Waals surface area contributed by atoms with Crippen molar-refractivity contribution in [2.45, 2.75) is 19.6 Å². The fraction of sp³-hybridized carbons (Fsp3) is 0.267. The van der Waals surface area contributed by atoms with Crippen LogP contribution < -0.4 is 15.4 Å². The lowest BCUT2D eigenvalue weighted by Gasteiger charge is -2.32. The van der Waals surface area contributed by atoms with Crippen LogP contribution in [-0.4, -0.2) is 18.6 Å². The van der Waals surface area contributed by atoms with Gasteiger partial charge in [-0.2, -0.15) is 0 Å².